The Morgan fingerprint density at radius 1 is 1.26 bits per heavy atom. The summed E-state index contributed by atoms with van der Waals surface area (Å²) in [5.74, 6) is 8.40. The SMILES string of the molecule is COc1ccc(Cc2nnc(SCc3csc(C)n3)n2N)cc1. The van der Waals surface area contributed by atoms with Crippen LogP contribution in [-0.2, 0) is 12.2 Å². The lowest BCUT2D eigenvalue weighted by molar-refractivity contribution is 0.414. The molecule has 0 saturated carbocycles. The summed E-state index contributed by atoms with van der Waals surface area (Å²) in [5.41, 5.74) is 2.15. The molecule has 120 valence electrons. The summed E-state index contributed by atoms with van der Waals surface area (Å²) < 4.78 is 6.71. The summed E-state index contributed by atoms with van der Waals surface area (Å²) in [7, 11) is 1.65. The standard InChI is InChI=1S/C15H17N5OS2/c1-10-17-12(8-22-10)9-23-15-19-18-14(20(15)16)7-11-3-5-13(21-2)6-4-11/h3-6,8H,7,9,16H2,1-2H3. The van der Waals surface area contributed by atoms with Gasteiger partial charge < -0.3 is 10.6 Å². The van der Waals surface area contributed by atoms with Crippen molar-refractivity contribution in [2.24, 2.45) is 0 Å². The molecule has 2 N–H and O–H groups in total. The maximum absolute atomic E-state index is 6.10. The van der Waals surface area contributed by atoms with Gasteiger partial charge in [-0.15, -0.1) is 21.5 Å². The fourth-order valence-corrected chi connectivity index (χ4v) is 3.55. The Kier molecular flexibility index (Phi) is 4.82. The summed E-state index contributed by atoms with van der Waals surface area (Å²) in [4.78, 5) is 4.43. The number of hydrogen-bond acceptors (Lipinski definition) is 7. The molecular formula is C15H17N5OS2. The van der Waals surface area contributed by atoms with Crippen LogP contribution in [-0.4, -0.2) is 27.0 Å². The molecule has 3 rings (SSSR count). The molecule has 0 aliphatic rings. The normalized spacial score (nSPS) is 10.9. The Morgan fingerprint density at radius 3 is 2.70 bits per heavy atom. The van der Waals surface area contributed by atoms with E-state index < -0.39 is 0 Å². The van der Waals surface area contributed by atoms with Gasteiger partial charge in [0.25, 0.3) is 0 Å². The number of rotatable bonds is 6. The van der Waals surface area contributed by atoms with Gasteiger partial charge in [0.15, 0.2) is 5.82 Å². The average Bonchev–Trinajstić information content (AvgIpc) is 3.13. The van der Waals surface area contributed by atoms with Crippen LogP contribution in [0.3, 0.4) is 0 Å². The molecule has 0 fully saturated rings. The molecule has 0 aliphatic heterocycles. The number of nitrogen functional groups attached to an aromatic ring is 1. The highest BCUT2D eigenvalue weighted by Crippen LogP contribution is 2.22. The van der Waals surface area contributed by atoms with Gasteiger partial charge in [-0.3, -0.25) is 0 Å². The number of thiazole rings is 1. The van der Waals surface area contributed by atoms with Gasteiger partial charge in [-0.2, -0.15) is 0 Å². The van der Waals surface area contributed by atoms with E-state index in [1.165, 1.54) is 11.8 Å². The second-order valence-corrected chi connectivity index (χ2v) is 6.94. The van der Waals surface area contributed by atoms with Crippen molar-refractivity contribution in [2.75, 3.05) is 13.0 Å². The Balaban J connectivity index is 1.66. The van der Waals surface area contributed by atoms with Crippen molar-refractivity contribution in [1.29, 1.82) is 0 Å². The first-order valence-corrected chi connectivity index (χ1v) is 8.88. The molecule has 0 spiro atoms. The van der Waals surface area contributed by atoms with Crippen molar-refractivity contribution in [3.8, 4) is 5.75 Å². The van der Waals surface area contributed by atoms with E-state index in [0.717, 1.165) is 33.6 Å². The Labute approximate surface area is 142 Å². The number of aryl methyl sites for hydroxylation is 1. The number of hydrogen-bond donors (Lipinski definition) is 1. The number of nitrogens with zero attached hydrogens (tertiary/aromatic N) is 4. The largest absolute Gasteiger partial charge is 0.497 e. The quantitative estimate of drug-likeness (QED) is 0.545. The van der Waals surface area contributed by atoms with E-state index in [1.54, 1.807) is 23.1 Å². The van der Waals surface area contributed by atoms with Crippen LogP contribution in [0.5, 0.6) is 5.75 Å². The number of nitrogens with two attached hydrogens (primary N) is 1. The molecule has 23 heavy (non-hydrogen) atoms. The molecule has 6 nitrogen and oxygen atoms in total. The molecule has 0 saturated heterocycles. The van der Waals surface area contributed by atoms with Gasteiger partial charge in [0.1, 0.15) is 5.75 Å². The first-order valence-electron chi connectivity index (χ1n) is 7.02. The number of benzene rings is 1. The monoisotopic (exact) mass is 347 g/mol. The van der Waals surface area contributed by atoms with Crippen LogP contribution in [0, 0.1) is 6.92 Å². The Hall–Kier alpha value is -2.06. The van der Waals surface area contributed by atoms with E-state index in [0.29, 0.717) is 11.6 Å². The predicted octanol–water partition coefficient (Wildman–Crippen LogP) is 2.65. The summed E-state index contributed by atoms with van der Waals surface area (Å²) >= 11 is 3.18. The zero-order chi connectivity index (χ0) is 16.2. The molecular weight excluding hydrogens is 330 g/mol. The highest BCUT2D eigenvalue weighted by molar-refractivity contribution is 7.98. The van der Waals surface area contributed by atoms with Gasteiger partial charge in [0.05, 0.1) is 17.8 Å². The molecule has 0 unspecified atom stereocenters. The smallest absolute Gasteiger partial charge is 0.210 e. The van der Waals surface area contributed by atoms with Gasteiger partial charge in [0, 0.05) is 17.6 Å². The molecule has 0 atom stereocenters. The summed E-state index contributed by atoms with van der Waals surface area (Å²) in [6.45, 7) is 2.00. The first kappa shape index (κ1) is 15.8. The van der Waals surface area contributed by atoms with E-state index >= 15 is 0 Å². The second kappa shape index (κ2) is 7.01. The van der Waals surface area contributed by atoms with Gasteiger partial charge in [0.2, 0.25) is 5.16 Å². The lowest BCUT2D eigenvalue weighted by atomic mass is 10.1. The van der Waals surface area contributed by atoms with Crippen LogP contribution in [0.1, 0.15) is 22.1 Å². The molecule has 2 aromatic heterocycles. The molecule has 3 aromatic rings. The molecule has 8 heteroatoms. The van der Waals surface area contributed by atoms with Crippen molar-refractivity contribution >= 4 is 23.1 Å². The van der Waals surface area contributed by atoms with Crippen LogP contribution >= 0.6 is 23.1 Å². The van der Waals surface area contributed by atoms with E-state index in [1.807, 2.05) is 31.2 Å². The second-order valence-electron chi connectivity index (χ2n) is 4.94. The minimum absolute atomic E-state index is 0.629. The summed E-state index contributed by atoms with van der Waals surface area (Å²) in [6.07, 6.45) is 0.629. The summed E-state index contributed by atoms with van der Waals surface area (Å²) in [5, 5.41) is 12.2. The van der Waals surface area contributed by atoms with Crippen LogP contribution in [0.25, 0.3) is 0 Å². The lowest BCUT2D eigenvalue weighted by Crippen LogP contribution is -2.14. The highest BCUT2D eigenvalue weighted by atomic mass is 32.2. The molecule has 0 aliphatic carbocycles. The van der Waals surface area contributed by atoms with E-state index in [-0.39, 0.29) is 0 Å². The zero-order valence-electron chi connectivity index (χ0n) is 12.9. The van der Waals surface area contributed by atoms with Gasteiger partial charge in [-0.05, 0) is 24.6 Å². The maximum atomic E-state index is 6.10. The molecule has 0 amide bonds. The van der Waals surface area contributed by atoms with E-state index in [9.17, 15) is 0 Å². The number of aromatic nitrogens is 4. The molecule has 0 bridgehead atoms. The third kappa shape index (κ3) is 3.83. The van der Waals surface area contributed by atoms with Gasteiger partial charge in [-0.1, -0.05) is 23.9 Å². The summed E-state index contributed by atoms with van der Waals surface area (Å²) in [6, 6.07) is 7.84. The predicted molar refractivity (Wildman–Crippen MR) is 92.4 cm³/mol. The molecule has 2 heterocycles. The van der Waals surface area contributed by atoms with Crippen molar-refractivity contribution < 1.29 is 4.74 Å². The molecule has 1 aromatic carbocycles. The van der Waals surface area contributed by atoms with E-state index in [4.69, 9.17) is 10.6 Å². The topological polar surface area (TPSA) is 78.9 Å². The maximum Gasteiger partial charge on any atom is 0.210 e. The highest BCUT2D eigenvalue weighted by Gasteiger charge is 2.12. The fraction of sp³-hybridized carbons (Fsp3) is 0.267. The van der Waals surface area contributed by atoms with Crippen LogP contribution < -0.4 is 10.6 Å². The van der Waals surface area contributed by atoms with Crippen LogP contribution in [0.2, 0.25) is 0 Å². The van der Waals surface area contributed by atoms with Crippen LogP contribution in [0.4, 0.5) is 0 Å². The minimum Gasteiger partial charge on any atom is -0.497 e. The van der Waals surface area contributed by atoms with Crippen molar-refractivity contribution in [1.82, 2.24) is 19.9 Å². The zero-order valence-corrected chi connectivity index (χ0v) is 14.5. The number of ether oxygens (including phenoxy) is 1. The minimum atomic E-state index is 0.629. The molecule has 0 radical (unpaired) electrons. The van der Waals surface area contributed by atoms with Crippen molar-refractivity contribution in [3.05, 3.63) is 51.7 Å². The van der Waals surface area contributed by atoms with Gasteiger partial charge in [-0.25, -0.2) is 9.66 Å². The van der Waals surface area contributed by atoms with E-state index in [2.05, 4.69) is 20.6 Å². The fourth-order valence-electron chi connectivity index (χ4n) is 2.07. The third-order valence-corrected chi connectivity index (χ3v) is 5.07. The van der Waals surface area contributed by atoms with Gasteiger partial charge >= 0.3 is 0 Å². The third-order valence-electron chi connectivity index (χ3n) is 3.27. The first-order chi connectivity index (χ1) is 11.2. The number of methoxy groups -OCH3 is 1. The van der Waals surface area contributed by atoms with Crippen molar-refractivity contribution in [2.45, 2.75) is 24.3 Å². The number of thioether (sulfide) groups is 1. The van der Waals surface area contributed by atoms with Crippen molar-refractivity contribution in [3.63, 3.8) is 0 Å². The Morgan fingerprint density at radius 2 is 2.04 bits per heavy atom. The van der Waals surface area contributed by atoms with Crippen LogP contribution in [0.15, 0.2) is 34.8 Å². The average molecular weight is 347 g/mol. The lowest BCUT2D eigenvalue weighted by Gasteiger charge is -2.04. The Bertz CT molecular complexity index is 782.